The maximum absolute atomic E-state index is 9.33. The van der Waals surface area contributed by atoms with Crippen LogP contribution in [0.25, 0.3) is 0 Å². The number of nitrogens with zero attached hydrogens (tertiary/aromatic N) is 2. The molecule has 0 aromatic heterocycles. The van der Waals surface area contributed by atoms with E-state index < -0.39 is 0 Å². The molecule has 1 aliphatic carbocycles. The second-order valence-corrected chi connectivity index (χ2v) is 7.21. The Morgan fingerprint density at radius 3 is 2.86 bits per heavy atom. The van der Waals surface area contributed by atoms with E-state index in [1.807, 2.05) is 6.07 Å². The SMILES string of the molecule is COc1cccc([C@]23CCN(C)C[C@@]2(C)CC/C(=N\O)C3)c1. The summed E-state index contributed by atoms with van der Waals surface area (Å²) in [6.45, 7) is 4.56. The molecule has 2 atom stereocenters. The Kier molecular flexibility index (Phi) is 3.89. The summed E-state index contributed by atoms with van der Waals surface area (Å²) in [4.78, 5) is 2.43. The molecule has 1 N–H and O–H groups in total. The number of rotatable bonds is 2. The molecule has 0 bridgehead atoms. The topological polar surface area (TPSA) is 45.1 Å². The molecule has 3 rings (SSSR count). The van der Waals surface area contributed by atoms with Gasteiger partial charge in [0.25, 0.3) is 0 Å². The molecule has 1 saturated carbocycles. The van der Waals surface area contributed by atoms with Gasteiger partial charge in [0, 0.05) is 12.0 Å². The molecule has 4 heteroatoms. The summed E-state index contributed by atoms with van der Waals surface area (Å²) in [5.74, 6) is 0.904. The second-order valence-electron chi connectivity index (χ2n) is 7.21. The fourth-order valence-electron chi connectivity index (χ4n) is 4.59. The summed E-state index contributed by atoms with van der Waals surface area (Å²) in [7, 11) is 3.92. The molecule has 0 amide bonds. The zero-order chi connectivity index (χ0) is 15.8. The fraction of sp³-hybridized carbons (Fsp3) is 0.611. The summed E-state index contributed by atoms with van der Waals surface area (Å²) >= 11 is 0. The van der Waals surface area contributed by atoms with Gasteiger partial charge in [0.1, 0.15) is 5.75 Å². The lowest BCUT2D eigenvalue weighted by Crippen LogP contribution is -2.58. The minimum absolute atomic E-state index is 0.0356. The molecule has 4 nitrogen and oxygen atoms in total. The highest BCUT2D eigenvalue weighted by molar-refractivity contribution is 5.86. The van der Waals surface area contributed by atoms with Gasteiger partial charge in [-0.1, -0.05) is 24.2 Å². The maximum atomic E-state index is 9.33. The highest BCUT2D eigenvalue weighted by atomic mass is 16.5. The number of ether oxygens (including phenoxy) is 1. The van der Waals surface area contributed by atoms with Crippen molar-refractivity contribution < 1.29 is 9.94 Å². The van der Waals surface area contributed by atoms with E-state index in [2.05, 4.69) is 42.2 Å². The molecule has 22 heavy (non-hydrogen) atoms. The Morgan fingerprint density at radius 1 is 1.32 bits per heavy atom. The average Bonchev–Trinajstić information content (AvgIpc) is 2.54. The standard InChI is InChI=1S/C18H26N2O2/c1-17-8-7-15(19-21)12-18(17,9-10-20(2)13-17)14-5-4-6-16(11-14)22-3/h4-6,11,21H,7-10,12-13H2,1-3H3/b19-15+/t17-,18-/m1/s1. The Balaban J connectivity index is 2.10. The normalized spacial score (nSPS) is 34.4. The number of hydrogen-bond acceptors (Lipinski definition) is 4. The summed E-state index contributed by atoms with van der Waals surface area (Å²) in [5, 5.41) is 12.9. The number of likely N-dealkylation sites (tertiary alicyclic amines) is 1. The van der Waals surface area contributed by atoms with Crippen LogP contribution < -0.4 is 4.74 Å². The number of piperidine rings is 1. The van der Waals surface area contributed by atoms with Crippen molar-refractivity contribution in [2.24, 2.45) is 10.6 Å². The van der Waals surface area contributed by atoms with E-state index in [-0.39, 0.29) is 10.8 Å². The van der Waals surface area contributed by atoms with Gasteiger partial charge in [-0.25, -0.2) is 0 Å². The zero-order valence-electron chi connectivity index (χ0n) is 13.8. The van der Waals surface area contributed by atoms with Crippen LogP contribution in [0.1, 0.15) is 38.2 Å². The average molecular weight is 302 g/mol. The predicted octanol–water partition coefficient (Wildman–Crippen LogP) is 3.29. The first kappa shape index (κ1) is 15.3. The largest absolute Gasteiger partial charge is 0.497 e. The third-order valence-corrected chi connectivity index (χ3v) is 5.93. The zero-order valence-corrected chi connectivity index (χ0v) is 13.8. The van der Waals surface area contributed by atoms with Crippen LogP contribution in [-0.2, 0) is 5.41 Å². The Hall–Kier alpha value is -1.55. The molecule has 1 aromatic carbocycles. The lowest BCUT2D eigenvalue weighted by atomic mass is 9.50. The highest BCUT2D eigenvalue weighted by Crippen LogP contribution is 2.56. The third-order valence-electron chi connectivity index (χ3n) is 5.93. The van der Waals surface area contributed by atoms with Gasteiger partial charge in [-0.2, -0.15) is 0 Å². The van der Waals surface area contributed by atoms with Gasteiger partial charge in [0.2, 0.25) is 0 Å². The van der Waals surface area contributed by atoms with Crippen LogP contribution >= 0.6 is 0 Å². The summed E-state index contributed by atoms with van der Waals surface area (Å²) in [6.07, 6.45) is 3.90. The highest BCUT2D eigenvalue weighted by Gasteiger charge is 2.54. The van der Waals surface area contributed by atoms with E-state index in [4.69, 9.17) is 4.74 Å². The van der Waals surface area contributed by atoms with Crippen molar-refractivity contribution in [3.05, 3.63) is 29.8 Å². The first-order valence-corrected chi connectivity index (χ1v) is 8.06. The van der Waals surface area contributed by atoms with Crippen molar-refractivity contribution in [1.82, 2.24) is 4.90 Å². The molecule has 0 unspecified atom stereocenters. The molecule has 1 aliphatic heterocycles. The molecule has 0 radical (unpaired) electrons. The molecule has 1 heterocycles. The van der Waals surface area contributed by atoms with Crippen LogP contribution in [0.2, 0.25) is 0 Å². The van der Waals surface area contributed by atoms with Gasteiger partial charge in [-0.3, -0.25) is 0 Å². The van der Waals surface area contributed by atoms with Gasteiger partial charge >= 0.3 is 0 Å². The molecule has 2 aliphatic rings. The smallest absolute Gasteiger partial charge is 0.119 e. The molecule has 120 valence electrons. The molecule has 1 aromatic rings. The van der Waals surface area contributed by atoms with Crippen molar-refractivity contribution in [3.63, 3.8) is 0 Å². The summed E-state index contributed by atoms with van der Waals surface area (Å²) in [6, 6.07) is 8.46. The third kappa shape index (κ3) is 2.30. The van der Waals surface area contributed by atoms with Gasteiger partial charge < -0.3 is 14.8 Å². The van der Waals surface area contributed by atoms with E-state index in [1.54, 1.807) is 7.11 Å². The predicted molar refractivity (Wildman–Crippen MR) is 88.0 cm³/mol. The Labute approximate surface area is 132 Å². The van der Waals surface area contributed by atoms with Crippen LogP contribution in [0, 0.1) is 5.41 Å². The lowest BCUT2D eigenvalue weighted by Gasteiger charge is -2.57. The number of fused-ring (bicyclic) bond motifs is 1. The number of benzene rings is 1. The minimum atomic E-state index is 0.0356. The minimum Gasteiger partial charge on any atom is -0.497 e. The van der Waals surface area contributed by atoms with Crippen molar-refractivity contribution in [2.75, 3.05) is 27.2 Å². The maximum Gasteiger partial charge on any atom is 0.119 e. The number of methoxy groups -OCH3 is 1. The number of oxime groups is 1. The fourth-order valence-corrected chi connectivity index (χ4v) is 4.59. The second kappa shape index (κ2) is 5.58. The quantitative estimate of drug-likeness (QED) is 0.673. The van der Waals surface area contributed by atoms with E-state index >= 15 is 0 Å². The molecule has 0 spiro atoms. The Morgan fingerprint density at radius 2 is 2.14 bits per heavy atom. The van der Waals surface area contributed by atoms with E-state index in [1.165, 1.54) is 5.56 Å². The molecular formula is C18H26N2O2. The number of hydrogen-bond donors (Lipinski definition) is 1. The van der Waals surface area contributed by atoms with Crippen molar-refractivity contribution in [3.8, 4) is 5.75 Å². The summed E-state index contributed by atoms with van der Waals surface area (Å²) < 4.78 is 5.44. The van der Waals surface area contributed by atoms with Crippen molar-refractivity contribution in [2.45, 2.75) is 38.0 Å². The lowest BCUT2D eigenvalue weighted by molar-refractivity contribution is 0.0125. The van der Waals surface area contributed by atoms with Crippen LogP contribution in [0.3, 0.4) is 0 Å². The monoisotopic (exact) mass is 302 g/mol. The first-order valence-electron chi connectivity index (χ1n) is 8.06. The van der Waals surface area contributed by atoms with E-state index in [9.17, 15) is 5.21 Å². The molecule has 1 saturated heterocycles. The van der Waals surface area contributed by atoms with Gasteiger partial charge in [-0.05, 0) is 62.4 Å². The van der Waals surface area contributed by atoms with Crippen LogP contribution in [0.4, 0.5) is 0 Å². The Bertz CT molecular complexity index is 586. The first-order chi connectivity index (χ1) is 10.5. The molecular weight excluding hydrogens is 276 g/mol. The van der Waals surface area contributed by atoms with E-state index in [0.29, 0.717) is 0 Å². The van der Waals surface area contributed by atoms with Crippen molar-refractivity contribution in [1.29, 1.82) is 0 Å². The van der Waals surface area contributed by atoms with Crippen molar-refractivity contribution >= 4 is 5.71 Å². The van der Waals surface area contributed by atoms with Crippen LogP contribution in [0.5, 0.6) is 5.75 Å². The van der Waals surface area contributed by atoms with Gasteiger partial charge in [0.05, 0.1) is 12.8 Å². The van der Waals surface area contributed by atoms with Gasteiger partial charge in [0.15, 0.2) is 0 Å². The van der Waals surface area contributed by atoms with Gasteiger partial charge in [-0.15, -0.1) is 0 Å². The molecule has 2 fully saturated rings. The summed E-state index contributed by atoms with van der Waals surface area (Å²) in [5.41, 5.74) is 2.49. The van der Waals surface area contributed by atoms with Crippen LogP contribution in [0.15, 0.2) is 29.4 Å². The van der Waals surface area contributed by atoms with E-state index in [0.717, 1.165) is 50.2 Å². The van der Waals surface area contributed by atoms with Crippen LogP contribution in [-0.4, -0.2) is 43.1 Å².